The van der Waals surface area contributed by atoms with E-state index >= 15 is 0 Å². The number of methoxy groups -OCH3 is 1. The minimum atomic E-state index is -1.31. The molecule has 0 aliphatic carbocycles. The van der Waals surface area contributed by atoms with Gasteiger partial charge < -0.3 is 20.1 Å². The Hall–Kier alpha value is -4.47. The van der Waals surface area contributed by atoms with Crippen molar-refractivity contribution in [1.29, 1.82) is 0 Å². The van der Waals surface area contributed by atoms with Crippen molar-refractivity contribution in [1.82, 2.24) is 20.5 Å². The molecule has 1 atom stereocenters. The first-order valence-corrected chi connectivity index (χ1v) is 10.7. The van der Waals surface area contributed by atoms with Crippen LogP contribution in [0.3, 0.4) is 0 Å². The second-order valence-corrected chi connectivity index (χ2v) is 8.01. The first kappa shape index (κ1) is 23.7. The van der Waals surface area contributed by atoms with Gasteiger partial charge in [0.25, 0.3) is 5.91 Å². The maximum atomic E-state index is 14.4. The van der Waals surface area contributed by atoms with Crippen molar-refractivity contribution in [3.05, 3.63) is 83.9 Å². The Labute approximate surface area is 200 Å². The Morgan fingerprint density at radius 1 is 1.14 bits per heavy atom. The fourth-order valence-corrected chi connectivity index (χ4v) is 3.63. The van der Waals surface area contributed by atoms with Crippen LogP contribution < -0.4 is 20.1 Å². The predicted octanol–water partition coefficient (Wildman–Crippen LogP) is 3.11. The number of ether oxygens (including phenoxy) is 2. The molecule has 1 aliphatic rings. The van der Waals surface area contributed by atoms with Crippen LogP contribution in [0.4, 0.5) is 9.18 Å². The highest BCUT2D eigenvalue weighted by atomic mass is 19.1. The average Bonchev–Trinajstić information content (AvgIpc) is 3.08. The molecule has 0 saturated carbocycles. The van der Waals surface area contributed by atoms with Crippen molar-refractivity contribution < 1.29 is 28.2 Å². The molecule has 4 rings (SSSR count). The quantitative estimate of drug-likeness (QED) is 0.482. The molecule has 2 heterocycles. The van der Waals surface area contributed by atoms with Gasteiger partial charge in [-0.2, -0.15) is 0 Å². The summed E-state index contributed by atoms with van der Waals surface area (Å²) in [6.07, 6.45) is 3.04. The molecule has 0 spiro atoms. The summed E-state index contributed by atoms with van der Waals surface area (Å²) >= 11 is 0. The fourth-order valence-electron chi connectivity index (χ4n) is 3.63. The third kappa shape index (κ3) is 5.06. The van der Waals surface area contributed by atoms with Gasteiger partial charge in [-0.3, -0.25) is 19.5 Å². The van der Waals surface area contributed by atoms with Crippen molar-refractivity contribution in [2.75, 3.05) is 13.7 Å². The van der Waals surface area contributed by atoms with Crippen LogP contribution >= 0.6 is 0 Å². The molecule has 0 bridgehead atoms. The van der Waals surface area contributed by atoms with E-state index in [9.17, 15) is 18.8 Å². The van der Waals surface area contributed by atoms with E-state index in [2.05, 4.69) is 15.6 Å². The molecule has 0 radical (unpaired) electrons. The van der Waals surface area contributed by atoms with Crippen LogP contribution in [-0.2, 0) is 21.7 Å². The third-order valence-corrected chi connectivity index (χ3v) is 5.59. The maximum Gasteiger partial charge on any atom is 0.325 e. The van der Waals surface area contributed by atoms with Crippen LogP contribution in [0, 0.1) is 5.82 Å². The van der Waals surface area contributed by atoms with Gasteiger partial charge in [-0.1, -0.05) is 18.2 Å². The second kappa shape index (κ2) is 9.80. The SMILES string of the molecule is COc1ccc(C2(C)NC(=O)N(CC(=O)NCc3ccc(Oc4cccnc4)c(F)c3)C2=O)cc1. The topological polar surface area (TPSA) is 110 Å². The van der Waals surface area contributed by atoms with Gasteiger partial charge in [0.05, 0.1) is 13.3 Å². The van der Waals surface area contributed by atoms with Crippen LogP contribution in [0.2, 0.25) is 0 Å². The van der Waals surface area contributed by atoms with Gasteiger partial charge in [0, 0.05) is 12.7 Å². The molecular weight excluding hydrogens is 455 g/mol. The molecule has 1 unspecified atom stereocenters. The zero-order valence-electron chi connectivity index (χ0n) is 19.1. The summed E-state index contributed by atoms with van der Waals surface area (Å²) in [5.41, 5.74) is -0.269. The first-order valence-electron chi connectivity index (χ1n) is 10.7. The summed E-state index contributed by atoms with van der Waals surface area (Å²) in [5, 5.41) is 5.24. The van der Waals surface area contributed by atoms with Crippen molar-refractivity contribution >= 4 is 17.8 Å². The van der Waals surface area contributed by atoms with Crippen LogP contribution in [0.25, 0.3) is 0 Å². The normalized spacial score (nSPS) is 17.2. The Morgan fingerprint density at radius 3 is 2.57 bits per heavy atom. The van der Waals surface area contributed by atoms with Crippen LogP contribution in [0.1, 0.15) is 18.1 Å². The highest BCUT2D eigenvalue weighted by Crippen LogP contribution is 2.30. The number of benzene rings is 2. The molecule has 4 amide bonds. The van der Waals surface area contributed by atoms with Gasteiger partial charge in [0.1, 0.15) is 23.6 Å². The molecule has 9 nitrogen and oxygen atoms in total. The minimum Gasteiger partial charge on any atom is -0.497 e. The summed E-state index contributed by atoms with van der Waals surface area (Å²) in [7, 11) is 1.53. The number of urea groups is 1. The molecule has 2 N–H and O–H groups in total. The number of imide groups is 1. The zero-order valence-corrected chi connectivity index (χ0v) is 19.1. The zero-order chi connectivity index (χ0) is 25.0. The standard InChI is InChI=1S/C25H23FN4O5/c1-25(17-6-8-18(34-2)9-7-17)23(32)30(24(33)29-25)15-22(31)28-13-16-5-10-21(20(26)12-16)35-19-4-3-11-27-14-19/h3-12,14H,13,15H2,1-2H3,(H,28,31)(H,29,33). The van der Waals surface area contributed by atoms with Crippen molar-refractivity contribution in [3.63, 3.8) is 0 Å². The van der Waals surface area contributed by atoms with Gasteiger partial charge in [-0.05, 0) is 54.4 Å². The fraction of sp³-hybridized carbons (Fsp3) is 0.200. The minimum absolute atomic E-state index is 0.00230. The number of carbonyl (C=O) groups excluding carboxylic acids is 3. The lowest BCUT2D eigenvalue weighted by Gasteiger charge is -2.22. The number of hydrogen-bond donors (Lipinski definition) is 2. The van der Waals surface area contributed by atoms with E-state index in [1.165, 1.54) is 25.4 Å². The van der Waals surface area contributed by atoms with Crippen molar-refractivity contribution in [2.45, 2.75) is 19.0 Å². The summed E-state index contributed by atoms with van der Waals surface area (Å²) < 4.78 is 25.0. The van der Waals surface area contributed by atoms with Crippen LogP contribution in [-0.4, -0.2) is 41.4 Å². The van der Waals surface area contributed by atoms with E-state index in [1.807, 2.05) is 0 Å². The van der Waals surface area contributed by atoms with E-state index in [4.69, 9.17) is 9.47 Å². The molecule has 180 valence electrons. The summed E-state index contributed by atoms with van der Waals surface area (Å²) in [6, 6.07) is 13.6. The van der Waals surface area contributed by atoms with Gasteiger partial charge in [0.15, 0.2) is 11.6 Å². The number of carbonyl (C=O) groups is 3. The van der Waals surface area contributed by atoms with Crippen LogP contribution in [0.15, 0.2) is 67.0 Å². The van der Waals surface area contributed by atoms with Crippen molar-refractivity contribution in [2.24, 2.45) is 0 Å². The third-order valence-electron chi connectivity index (χ3n) is 5.59. The Kier molecular flexibility index (Phi) is 6.63. The number of nitrogens with zero attached hydrogens (tertiary/aromatic N) is 2. The molecule has 1 fully saturated rings. The number of rotatable bonds is 8. The number of amides is 4. The van der Waals surface area contributed by atoms with Gasteiger partial charge in [0.2, 0.25) is 5.91 Å². The number of aromatic nitrogens is 1. The van der Waals surface area contributed by atoms with Gasteiger partial charge in [-0.25, -0.2) is 9.18 Å². The summed E-state index contributed by atoms with van der Waals surface area (Å²) in [6.45, 7) is 1.11. The highest BCUT2D eigenvalue weighted by Gasteiger charge is 2.49. The first-order chi connectivity index (χ1) is 16.8. The van der Waals surface area contributed by atoms with E-state index < -0.39 is 35.7 Å². The van der Waals surface area contributed by atoms with E-state index in [0.29, 0.717) is 22.6 Å². The van der Waals surface area contributed by atoms with E-state index in [0.717, 1.165) is 4.90 Å². The Balaban J connectivity index is 1.35. The lowest BCUT2D eigenvalue weighted by atomic mass is 9.92. The second-order valence-electron chi connectivity index (χ2n) is 8.01. The van der Waals surface area contributed by atoms with Crippen LogP contribution in [0.5, 0.6) is 17.2 Å². The lowest BCUT2D eigenvalue weighted by Crippen LogP contribution is -2.43. The maximum absolute atomic E-state index is 14.4. The Morgan fingerprint density at radius 2 is 1.91 bits per heavy atom. The van der Waals surface area contributed by atoms with Gasteiger partial charge >= 0.3 is 6.03 Å². The molecular formula is C25H23FN4O5. The molecule has 35 heavy (non-hydrogen) atoms. The smallest absolute Gasteiger partial charge is 0.325 e. The monoisotopic (exact) mass is 478 g/mol. The predicted molar refractivity (Wildman–Crippen MR) is 123 cm³/mol. The summed E-state index contributed by atoms with van der Waals surface area (Å²) in [4.78, 5) is 42.7. The van der Waals surface area contributed by atoms with E-state index in [-0.39, 0.29) is 12.3 Å². The number of nitrogens with one attached hydrogen (secondary N) is 2. The molecule has 2 aromatic carbocycles. The molecule has 10 heteroatoms. The average molecular weight is 478 g/mol. The largest absolute Gasteiger partial charge is 0.497 e. The number of halogens is 1. The highest BCUT2D eigenvalue weighted by molar-refractivity contribution is 6.09. The lowest BCUT2D eigenvalue weighted by molar-refractivity contribution is -0.134. The number of pyridine rings is 1. The summed E-state index contributed by atoms with van der Waals surface area (Å²) in [5.74, 6) is -0.703. The molecule has 1 aromatic heterocycles. The Bertz CT molecular complexity index is 1250. The van der Waals surface area contributed by atoms with E-state index in [1.54, 1.807) is 55.6 Å². The number of hydrogen-bond acceptors (Lipinski definition) is 6. The molecule has 1 saturated heterocycles. The van der Waals surface area contributed by atoms with Crippen molar-refractivity contribution in [3.8, 4) is 17.2 Å². The molecule has 1 aliphatic heterocycles. The van der Waals surface area contributed by atoms with Gasteiger partial charge in [-0.15, -0.1) is 0 Å². The molecule has 3 aromatic rings.